The molecule has 1 aromatic carbocycles. The highest BCUT2D eigenvalue weighted by atomic mass is 79.9. The fraction of sp³-hybridized carbons (Fsp3) is 0.0769. The van der Waals surface area contributed by atoms with Crippen LogP contribution in [0.1, 0.15) is 0 Å². The van der Waals surface area contributed by atoms with E-state index < -0.39 is 0 Å². The Morgan fingerprint density at radius 3 is 3.00 bits per heavy atom. The van der Waals surface area contributed by atoms with Gasteiger partial charge < -0.3 is 9.15 Å². The van der Waals surface area contributed by atoms with Gasteiger partial charge in [-0.15, -0.1) is 5.10 Å². The molecule has 0 N–H and O–H groups in total. The van der Waals surface area contributed by atoms with E-state index in [4.69, 9.17) is 20.8 Å². The van der Waals surface area contributed by atoms with Crippen molar-refractivity contribution in [1.29, 1.82) is 0 Å². The van der Waals surface area contributed by atoms with Gasteiger partial charge in [-0.05, 0) is 28.1 Å². The summed E-state index contributed by atoms with van der Waals surface area (Å²) in [6.07, 6.45) is 1.83. The van der Waals surface area contributed by atoms with Crippen LogP contribution in [-0.4, -0.2) is 21.7 Å². The summed E-state index contributed by atoms with van der Waals surface area (Å²) in [4.78, 5) is 5.29. The molecule has 4 aromatic rings. The minimum absolute atomic E-state index is 0.550. The number of hydrogen-bond acceptors (Lipinski definition) is 5. The fourth-order valence-electron chi connectivity index (χ4n) is 2.12. The predicted molar refractivity (Wildman–Crippen MR) is 85.3 cm³/mol. The SMILES string of the molecule is COc1cc2oc(-c3cn4nc(Br)sc4n3)cc2cc1Cl. The van der Waals surface area contributed by atoms with Gasteiger partial charge >= 0.3 is 0 Å². The molecule has 106 valence electrons. The third kappa shape index (κ3) is 2.12. The van der Waals surface area contributed by atoms with Gasteiger partial charge in [0.25, 0.3) is 0 Å². The molecule has 3 heterocycles. The standard InChI is InChI=1S/C13H7BrClN3O2S/c1-19-10-4-9-6(2-7(10)15)3-11(20-9)8-5-18-13(16-8)21-12(14)17-18/h2-5H,1H3. The lowest BCUT2D eigenvalue weighted by molar-refractivity contribution is 0.415. The molecule has 0 bridgehead atoms. The first-order chi connectivity index (χ1) is 10.1. The number of imidazole rings is 1. The summed E-state index contributed by atoms with van der Waals surface area (Å²) in [5.74, 6) is 1.25. The van der Waals surface area contributed by atoms with Gasteiger partial charge in [0.05, 0.1) is 18.3 Å². The summed E-state index contributed by atoms with van der Waals surface area (Å²) < 4.78 is 13.5. The number of hydrogen-bond donors (Lipinski definition) is 0. The van der Waals surface area contributed by atoms with Gasteiger partial charge in [0.2, 0.25) is 4.96 Å². The molecule has 0 aliphatic heterocycles. The first-order valence-corrected chi connectivity index (χ1v) is 7.92. The minimum atomic E-state index is 0.550. The molecule has 0 aliphatic rings. The van der Waals surface area contributed by atoms with Crippen molar-refractivity contribution in [3.63, 3.8) is 0 Å². The molecule has 0 aliphatic carbocycles. The van der Waals surface area contributed by atoms with Crippen molar-refractivity contribution in [3.8, 4) is 17.2 Å². The Labute approximate surface area is 136 Å². The van der Waals surface area contributed by atoms with E-state index in [-0.39, 0.29) is 0 Å². The van der Waals surface area contributed by atoms with Crippen molar-refractivity contribution in [2.75, 3.05) is 7.11 Å². The highest BCUT2D eigenvalue weighted by molar-refractivity contribution is 9.11. The number of furan rings is 1. The molecule has 0 spiro atoms. The molecule has 0 saturated heterocycles. The number of ether oxygens (including phenoxy) is 1. The van der Waals surface area contributed by atoms with Crippen molar-refractivity contribution < 1.29 is 9.15 Å². The molecule has 0 radical (unpaired) electrons. The Hall–Kier alpha value is -1.57. The number of halogens is 2. The van der Waals surface area contributed by atoms with E-state index in [9.17, 15) is 0 Å². The first-order valence-electron chi connectivity index (χ1n) is 5.93. The molecule has 3 aromatic heterocycles. The second-order valence-electron chi connectivity index (χ2n) is 4.34. The van der Waals surface area contributed by atoms with Crippen molar-refractivity contribution in [1.82, 2.24) is 14.6 Å². The maximum absolute atomic E-state index is 6.12. The van der Waals surface area contributed by atoms with Gasteiger partial charge in [0, 0.05) is 11.5 Å². The highest BCUT2D eigenvalue weighted by Crippen LogP contribution is 2.35. The monoisotopic (exact) mass is 383 g/mol. The first kappa shape index (κ1) is 13.1. The number of benzene rings is 1. The van der Waals surface area contributed by atoms with Gasteiger partial charge in [-0.1, -0.05) is 22.9 Å². The van der Waals surface area contributed by atoms with Crippen LogP contribution < -0.4 is 4.74 Å². The zero-order chi connectivity index (χ0) is 14.6. The van der Waals surface area contributed by atoms with Crippen LogP contribution in [0.25, 0.3) is 27.4 Å². The average Bonchev–Trinajstić information content (AvgIpc) is 3.08. The summed E-state index contributed by atoms with van der Waals surface area (Å²) >= 11 is 10.9. The van der Waals surface area contributed by atoms with Crippen LogP contribution in [0.2, 0.25) is 5.02 Å². The summed E-state index contributed by atoms with van der Waals surface area (Å²) in [5.41, 5.74) is 1.43. The van der Waals surface area contributed by atoms with E-state index in [1.54, 1.807) is 17.7 Å². The topological polar surface area (TPSA) is 52.6 Å². The number of aromatic nitrogens is 3. The van der Waals surface area contributed by atoms with Crippen LogP contribution in [0.4, 0.5) is 0 Å². The van der Waals surface area contributed by atoms with Gasteiger partial charge in [-0.3, -0.25) is 0 Å². The van der Waals surface area contributed by atoms with Crippen molar-refractivity contribution >= 4 is 54.8 Å². The number of fused-ring (bicyclic) bond motifs is 2. The molecular weight excluding hydrogens is 378 g/mol. The zero-order valence-electron chi connectivity index (χ0n) is 10.6. The molecule has 21 heavy (non-hydrogen) atoms. The molecule has 0 saturated carbocycles. The summed E-state index contributed by atoms with van der Waals surface area (Å²) in [5, 5.41) is 5.72. The van der Waals surface area contributed by atoms with Gasteiger partial charge in [-0.2, -0.15) is 0 Å². The number of rotatable bonds is 2. The van der Waals surface area contributed by atoms with Crippen LogP contribution >= 0.6 is 38.9 Å². The Morgan fingerprint density at radius 1 is 1.38 bits per heavy atom. The third-order valence-electron chi connectivity index (χ3n) is 3.06. The number of nitrogens with zero attached hydrogens (tertiary/aromatic N) is 3. The molecule has 0 fully saturated rings. The quantitative estimate of drug-likeness (QED) is 0.506. The molecule has 0 unspecified atom stereocenters. The van der Waals surface area contributed by atoms with E-state index in [1.807, 2.05) is 18.3 Å². The van der Waals surface area contributed by atoms with Crippen molar-refractivity contribution in [2.45, 2.75) is 0 Å². The van der Waals surface area contributed by atoms with E-state index in [0.717, 1.165) is 20.0 Å². The van der Waals surface area contributed by atoms with Gasteiger partial charge in [0.1, 0.15) is 17.0 Å². The van der Waals surface area contributed by atoms with E-state index in [0.29, 0.717) is 22.1 Å². The predicted octanol–water partition coefficient (Wildman–Crippen LogP) is 4.63. The van der Waals surface area contributed by atoms with Crippen molar-refractivity contribution in [3.05, 3.63) is 33.3 Å². The Morgan fingerprint density at radius 2 is 2.24 bits per heavy atom. The Kier molecular flexibility index (Phi) is 2.95. The molecule has 5 nitrogen and oxygen atoms in total. The molecule has 0 atom stereocenters. The summed E-state index contributed by atoms with van der Waals surface area (Å²) in [6.45, 7) is 0. The smallest absolute Gasteiger partial charge is 0.213 e. The van der Waals surface area contributed by atoms with Crippen molar-refractivity contribution in [2.24, 2.45) is 0 Å². The maximum Gasteiger partial charge on any atom is 0.213 e. The normalized spacial score (nSPS) is 11.6. The molecular formula is C13H7BrClN3O2S. The van der Waals surface area contributed by atoms with Crippen LogP contribution in [0.15, 0.2) is 32.7 Å². The van der Waals surface area contributed by atoms with Crippen LogP contribution in [0.5, 0.6) is 5.75 Å². The highest BCUT2D eigenvalue weighted by Gasteiger charge is 2.14. The van der Waals surface area contributed by atoms with Crippen LogP contribution in [0.3, 0.4) is 0 Å². The van der Waals surface area contributed by atoms with Crippen LogP contribution in [0, 0.1) is 0 Å². The second-order valence-corrected chi connectivity index (χ2v) is 6.98. The van der Waals surface area contributed by atoms with E-state index in [2.05, 4.69) is 26.0 Å². The lowest BCUT2D eigenvalue weighted by atomic mass is 10.2. The Bertz CT molecular complexity index is 943. The minimum Gasteiger partial charge on any atom is -0.495 e. The maximum atomic E-state index is 6.12. The van der Waals surface area contributed by atoms with Crippen LogP contribution in [-0.2, 0) is 0 Å². The fourth-order valence-corrected chi connectivity index (χ4v) is 3.58. The van der Waals surface area contributed by atoms with Gasteiger partial charge in [0.15, 0.2) is 9.68 Å². The molecule has 4 rings (SSSR count). The zero-order valence-corrected chi connectivity index (χ0v) is 13.8. The number of methoxy groups -OCH3 is 1. The summed E-state index contributed by atoms with van der Waals surface area (Å²) in [7, 11) is 1.57. The lowest BCUT2D eigenvalue weighted by Gasteiger charge is -2.00. The van der Waals surface area contributed by atoms with Gasteiger partial charge in [-0.25, -0.2) is 9.50 Å². The van der Waals surface area contributed by atoms with E-state index >= 15 is 0 Å². The summed E-state index contributed by atoms with van der Waals surface area (Å²) in [6, 6.07) is 5.49. The van der Waals surface area contributed by atoms with E-state index in [1.165, 1.54) is 11.3 Å². The molecule has 0 amide bonds. The third-order valence-corrected chi connectivity index (χ3v) is 4.71. The lowest BCUT2D eigenvalue weighted by Crippen LogP contribution is -1.82. The average molecular weight is 385 g/mol. The second kappa shape index (κ2) is 4.72. The largest absolute Gasteiger partial charge is 0.495 e. The Balaban J connectivity index is 1.87. The molecule has 8 heteroatoms.